The van der Waals surface area contributed by atoms with Crippen LogP contribution in [0.5, 0.6) is 0 Å². The van der Waals surface area contributed by atoms with Gasteiger partial charge in [-0.25, -0.2) is 18.1 Å². The van der Waals surface area contributed by atoms with Crippen LogP contribution in [0.25, 0.3) is 11.0 Å². The highest BCUT2D eigenvalue weighted by Crippen LogP contribution is 2.19. The molecule has 2 rings (SSSR count). The summed E-state index contributed by atoms with van der Waals surface area (Å²) >= 11 is 5.92. The summed E-state index contributed by atoms with van der Waals surface area (Å²) in [5, 5.41) is 0.461. The number of halogens is 1. The monoisotopic (exact) mass is 372 g/mol. The van der Waals surface area contributed by atoms with E-state index in [1.807, 2.05) is 6.92 Å². The molecule has 2 N–H and O–H groups in total. The molecule has 8 heteroatoms. The molecule has 1 aromatic heterocycles. The van der Waals surface area contributed by atoms with Crippen LogP contribution in [0.15, 0.2) is 23.4 Å². The largest absolute Gasteiger partial charge is 0.328 e. The third kappa shape index (κ3) is 4.92. The Morgan fingerprint density at radius 3 is 2.71 bits per heavy atom. The van der Waals surface area contributed by atoms with E-state index in [-0.39, 0.29) is 11.2 Å². The number of rotatable bonds is 9. The number of sulfonamides is 1. The lowest BCUT2D eigenvalue weighted by Gasteiger charge is -2.19. The number of hydrogen-bond acceptors (Lipinski definition) is 4. The van der Waals surface area contributed by atoms with Crippen LogP contribution in [0.1, 0.15) is 33.6 Å². The van der Waals surface area contributed by atoms with Gasteiger partial charge < -0.3 is 9.88 Å². The standard InChI is InChI=1S/C16H25ClN4O2S/c1-4-21(5-2)10-6-7-12(3)20-24(22,23)16-18-14-9-8-13(17)11-15(14)19-16/h8-9,11-12,20H,4-7,10H2,1-3H3,(H,18,19)/t12-/m0/s1. The van der Waals surface area contributed by atoms with Crippen molar-refractivity contribution >= 4 is 32.7 Å². The Kier molecular flexibility index (Phi) is 6.62. The van der Waals surface area contributed by atoms with Crippen LogP contribution < -0.4 is 4.72 Å². The van der Waals surface area contributed by atoms with E-state index in [4.69, 9.17) is 11.6 Å². The summed E-state index contributed by atoms with van der Waals surface area (Å²) in [4.78, 5) is 9.28. The highest BCUT2D eigenvalue weighted by atomic mass is 35.5. The van der Waals surface area contributed by atoms with E-state index in [9.17, 15) is 8.42 Å². The summed E-state index contributed by atoms with van der Waals surface area (Å²) in [6.45, 7) is 9.13. The highest BCUT2D eigenvalue weighted by Gasteiger charge is 2.21. The fourth-order valence-corrected chi connectivity index (χ4v) is 4.02. The van der Waals surface area contributed by atoms with E-state index in [1.165, 1.54) is 0 Å². The van der Waals surface area contributed by atoms with Crippen molar-refractivity contribution < 1.29 is 8.42 Å². The molecule has 0 amide bonds. The van der Waals surface area contributed by atoms with E-state index in [0.29, 0.717) is 16.1 Å². The van der Waals surface area contributed by atoms with Crippen LogP contribution in [0.2, 0.25) is 5.02 Å². The molecule has 0 aliphatic carbocycles. The number of aromatic nitrogens is 2. The van der Waals surface area contributed by atoms with Gasteiger partial charge in [0.2, 0.25) is 5.16 Å². The third-order valence-electron chi connectivity index (χ3n) is 4.04. The first-order valence-corrected chi connectivity index (χ1v) is 10.1. The minimum absolute atomic E-state index is 0.0737. The lowest BCUT2D eigenvalue weighted by molar-refractivity contribution is 0.293. The first-order chi connectivity index (χ1) is 11.4. The Balaban J connectivity index is 1.98. The van der Waals surface area contributed by atoms with Gasteiger partial charge in [0.1, 0.15) is 0 Å². The zero-order valence-corrected chi connectivity index (χ0v) is 15.9. The normalized spacial score (nSPS) is 13.7. The molecule has 0 radical (unpaired) electrons. The van der Waals surface area contributed by atoms with Crippen molar-refractivity contribution in [2.24, 2.45) is 0 Å². The molecule has 134 valence electrons. The molecule has 24 heavy (non-hydrogen) atoms. The van der Waals surface area contributed by atoms with Crippen LogP contribution in [-0.4, -0.2) is 49.0 Å². The van der Waals surface area contributed by atoms with Crippen LogP contribution in [0.3, 0.4) is 0 Å². The summed E-state index contributed by atoms with van der Waals surface area (Å²) in [5.41, 5.74) is 1.19. The molecule has 0 saturated heterocycles. The summed E-state index contributed by atoms with van der Waals surface area (Å²) in [7, 11) is -3.67. The first-order valence-electron chi connectivity index (χ1n) is 8.25. The van der Waals surface area contributed by atoms with Crippen molar-refractivity contribution in [2.75, 3.05) is 19.6 Å². The van der Waals surface area contributed by atoms with Gasteiger partial charge in [-0.1, -0.05) is 25.4 Å². The van der Waals surface area contributed by atoms with Crippen LogP contribution in [0, 0.1) is 0 Å². The molecule has 0 fully saturated rings. The fourth-order valence-electron chi connectivity index (χ4n) is 2.63. The van der Waals surface area contributed by atoms with Crippen molar-refractivity contribution in [3.05, 3.63) is 23.2 Å². The number of benzene rings is 1. The Morgan fingerprint density at radius 2 is 2.04 bits per heavy atom. The molecular weight excluding hydrogens is 348 g/mol. The van der Waals surface area contributed by atoms with Crippen molar-refractivity contribution in [3.63, 3.8) is 0 Å². The summed E-state index contributed by atoms with van der Waals surface area (Å²) in [6, 6.07) is 4.89. The SMILES string of the molecule is CCN(CC)CCC[C@H](C)NS(=O)(=O)c1nc2ccc(Cl)cc2[nH]1. The van der Waals surface area contributed by atoms with E-state index < -0.39 is 10.0 Å². The highest BCUT2D eigenvalue weighted by molar-refractivity contribution is 7.89. The van der Waals surface area contributed by atoms with E-state index in [0.717, 1.165) is 32.5 Å². The number of fused-ring (bicyclic) bond motifs is 1. The molecule has 1 atom stereocenters. The Labute approximate surface area is 148 Å². The van der Waals surface area contributed by atoms with E-state index in [2.05, 4.69) is 33.4 Å². The zero-order chi connectivity index (χ0) is 17.7. The van der Waals surface area contributed by atoms with Crippen LogP contribution in [0.4, 0.5) is 0 Å². The van der Waals surface area contributed by atoms with Gasteiger partial charge in [0, 0.05) is 11.1 Å². The number of H-pyrrole nitrogens is 1. The summed E-state index contributed by atoms with van der Waals surface area (Å²) in [6.07, 6.45) is 1.73. The number of aromatic amines is 1. The molecular formula is C16H25ClN4O2S. The molecule has 6 nitrogen and oxygen atoms in total. The second-order valence-corrected chi connectivity index (χ2v) is 7.96. The van der Waals surface area contributed by atoms with Gasteiger partial charge in [0.25, 0.3) is 10.0 Å². The Morgan fingerprint density at radius 1 is 1.33 bits per heavy atom. The Bertz CT molecular complexity index is 771. The fraction of sp³-hybridized carbons (Fsp3) is 0.562. The number of hydrogen-bond donors (Lipinski definition) is 2. The van der Waals surface area contributed by atoms with Gasteiger partial charge in [-0.3, -0.25) is 0 Å². The smallest absolute Gasteiger partial charge is 0.274 e. The van der Waals surface area contributed by atoms with Gasteiger partial charge in [-0.05, 0) is 57.6 Å². The van der Waals surface area contributed by atoms with Gasteiger partial charge in [0.15, 0.2) is 0 Å². The molecule has 2 aromatic rings. The molecule has 0 saturated carbocycles. The topological polar surface area (TPSA) is 78.1 Å². The maximum absolute atomic E-state index is 12.5. The molecule has 1 aromatic carbocycles. The summed E-state index contributed by atoms with van der Waals surface area (Å²) in [5.74, 6) is 0. The van der Waals surface area contributed by atoms with Crippen molar-refractivity contribution in [1.82, 2.24) is 19.6 Å². The van der Waals surface area contributed by atoms with Crippen molar-refractivity contribution in [2.45, 2.75) is 44.8 Å². The minimum atomic E-state index is -3.67. The third-order valence-corrected chi connectivity index (χ3v) is 5.69. The van der Waals surface area contributed by atoms with Gasteiger partial charge in [-0.15, -0.1) is 0 Å². The second-order valence-electron chi connectivity index (χ2n) is 5.89. The van der Waals surface area contributed by atoms with Crippen LogP contribution in [-0.2, 0) is 10.0 Å². The van der Waals surface area contributed by atoms with Gasteiger partial charge >= 0.3 is 0 Å². The lowest BCUT2D eigenvalue weighted by atomic mass is 10.2. The second kappa shape index (κ2) is 8.29. The minimum Gasteiger partial charge on any atom is -0.328 e. The average molecular weight is 373 g/mol. The maximum atomic E-state index is 12.5. The first kappa shape index (κ1) is 19.2. The maximum Gasteiger partial charge on any atom is 0.274 e. The van der Waals surface area contributed by atoms with E-state index in [1.54, 1.807) is 18.2 Å². The van der Waals surface area contributed by atoms with Crippen LogP contribution >= 0.6 is 11.6 Å². The quantitative estimate of drug-likeness (QED) is 0.709. The number of nitrogens with zero attached hydrogens (tertiary/aromatic N) is 2. The molecule has 0 unspecified atom stereocenters. The van der Waals surface area contributed by atoms with Gasteiger partial charge in [-0.2, -0.15) is 0 Å². The van der Waals surface area contributed by atoms with Crippen molar-refractivity contribution in [3.8, 4) is 0 Å². The van der Waals surface area contributed by atoms with Gasteiger partial charge in [0.05, 0.1) is 11.0 Å². The summed E-state index contributed by atoms with van der Waals surface area (Å²) < 4.78 is 27.6. The lowest BCUT2D eigenvalue weighted by Crippen LogP contribution is -2.34. The number of nitrogens with one attached hydrogen (secondary N) is 2. The molecule has 0 bridgehead atoms. The molecule has 0 spiro atoms. The average Bonchev–Trinajstić information content (AvgIpc) is 2.95. The molecule has 0 aliphatic rings. The Hall–Kier alpha value is -1.15. The van der Waals surface area contributed by atoms with Crippen molar-refractivity contribution in [1.29, 1.82) is 0 Å². The predicted molar refractivity (Wildman–Crippen MR) is 97.9 cm³/mol. The molecule has 0 aliphatic heterocycles. The zero-order valence-electron chi connectivity index (χ0n) is 14.3. The molecule has 1 heterocycles. The predicted octanol–water partition coefficient (Wildman–Crippen LogP) is 3.01. The van der Waals surface area contributed by atoms with E-state index >= 15 is 0 Å². The number of imidazole rings is 1.